The maximum Gasteiger partial charge on any atom is 0.138 e. The number of ketones is 1. The van der Waals surface area contributed by atoms with Crippen molar-refractivity contribution in [1.82, 2.24) is 4.98 Å². The van der Waals surface area contributed by atoms with Crippen molar-refractivity contribution in [2.45, 2.75) is 25.7 Å². The number of carbonyl (C=O) groups is 1. The van der Waals surface area contributed by atoms with Crippen molar-refractivity contribution in [3.63, 3.8) is 0 Å². The summed E-state index contributed by atoms with van der Waals surface area (Å²) in [6.07, 6.45) is 1.81. The first-order valence-electron chi connectivity index (χ1n) is 5.91. The van der Waals surface area contributed by atoms with Gasteiger partial charge in [-0.2, -0.15) is 0 Å². The molecule has 1 aromatic carbocycles. The van der Waals surface area contributed by atoms with Crippen LogP contribution in [0.1, 0.15) is 29.8 Å². The van der Waals surface area contributed by atoms with Crippen LogP contribution in [-0.2, 0) is 11.2 Å². The lowest BCUT2D eigenvalue weighted by Crippen LogP contribution is -2.05. The minimum Gasteiger partial charge on any atom is -0.299 e. The number of benzene rings is 1. The third kappa shape index (κ3) is 1.86. The summed E-state index contributed by atoms with van der Waals surface area (Å²) in [6.45, 7) is 1.62. The van der Waals surface area contributed by atoms with E-state index in [-0.39, 0.29) is 17.5 Å². The fourth-order valence-corrected chi connectivity index (χ4v) is 3.48. The molecule has 0 fully saturated rings. The summed E-state index contributed by atoms with van der Waals surface area (Å²) in [7, 11) is 0. The van der Waals surface area contributed by atoms with Crippen LogP contribution in [0.3, 0.4) is 0 Å². The molecule has 1 atom stereocenters. The molecule has 1 unspecified atom stereocenters. The van der Waals surface area contributed by atoms with E-state index in [2.05, 4.69) is 4.98 Å². The fraction of sp³-hybridized carbons (Fsp3) is 0.286. The van der Waals surface area contributed by atoms with Gasteiger partial charge in [0.15, 0.2) is 0 Å². The Labute approximate surface area is 108 Å². The minimum absolute atomic E-state index is 0.0366. The second kappa shape index (κ2) is 4.28. The van der Waals surface area contributed by atoms with Gasteiger partial charge < -0.3 is 0 Å². The van der Waals surface area contributed by atoms with E-state index in [1.807, 2.05) is 0 Å². The first-order chi connectivity index (χ1) is 8.65. The first kappa shape index (κ1) is 11.5. The van der Waals surface area contributed by atoms with E-state index >= 15 is 0 Å². The van der Waals surface area contributed by atoms with Crippen molar-refractivity contribution in [1.29, 1.82) is 0 Å². The van der Waals surface area contributed by atoms with E-state index in [1.165, 1.54) is 17.0 Å². The number of fused-ring (bicyclic) bond motifs is 1. The molecular weight excluding hydrogens is 249 g/mol. The van der Waals surface area contributed by atoms with Crippen LogP contribution in [0.15, 0.2) is 24.3 Å². The molecule has 1 heterocycles. The lowest BCUT2D eigenvalue weighted by molar-refractivity contribution is -0.118. The number of aryl methyl sites for hydroxylation is 1. The van der Waals surface area contributed by atoms with Gasteiger partial charge in [-0.15, -0.1) is 11.3 Å². The van der Waals surface area contributed by atoms with E-state index < -0.39 is 0 Å². The number of carbonyl (C=O) groups excluding carboxylic acids is 1. The molecule has 18 heavy (non-hydrogen) atoms. The smallest absolute Gasteiger partial charge is 0.138 e. The van der Waals surface area contributed by atoms with Crippen molar-refractivity contribution in [3.8, 4) is 10.6 Å². The number of nitrogens with zero attached hydrogens (tertiary/aromatic N) is 1. The molecule has 0 bridgehead atoms. The summed E-state index contributed by atoms with van der Waals surface area (Å²) in [5, 5.41) is 0.881. The lowest BCUT2D eigenvalue weighted by Gasteiger charge is -2.03. The summed E-state index contributed by atoms with van der Waals surface area (Å²) in [6, 6.07) is 6.33. The Morgan fingerprint density at radius 2 is 2.11 bits per heavy atom. The average molecular weight is 261 g/mol. The molecule has 0 saturated carbocycles. The number of hydrogen-bond acceptors (Lipinski definition) is 3. The van der Waals surface area contributed by atoms with Gasteiger partial charge in [-0.1, -0.05) is 0 Å². The molecule has 2 nitrogen and oxygen atoms in total. The van der Waals surface area contributed by atoms with Gasteiger partial charge in [0.2, 0.25) is 0 Å². The molecule has 0 N–H and O–H groups in total. The maximum atomic E-state index is 12.9. The molecule has 0 amide bonds. The van der Waals surface area contributed by atoms with Crippen molar-refractivity contribution in [2.75, 3.05) is 0 Å². The van der Waals surface area contributed by atoms with Gasteiger partial charge in [0, 0.05) is 10.4 Å². The van der Waals surface area contributed by atoms with Crippen molar-refractivity contribution in [2.24, 2.45) is 0 Å². The Balaban J connectivity index is 1.99. The highest BCUT2D eigenvalue weighted by Crippen LogP contribution is 2.39. The zero-order valence-electron chi connectivity index (χ0n) is 9.94. The number of aromatic nitrogens is 1. The van der Waals surface area contributed by atoms with Crippen LogP contribution in [0.25, 0.3) is 10.6 Å². The van der Waals surface area contributed by atoms with Gasteiger partial charge in [-0.05, 0) is 44.0 Å². The third-order valence-electron chi connectivity index (χ3n) is 3.30. The zero-order valence-corrected chi connectivity index (χ0v) is 10.8. The minimum atomic E-state index is -0.246. The van der Waals surface area contributed by atoms with E-state index in [9.17, 15) is 9.18 Å². The van der Waals surface area contributed by atoms with Gasteiger partial charge >= 0.3 is 0 Å². The van der Waals surface area contributed by atoms with Crippen LogP contribution in [-0.4, -0.2) is 10.8 Å². The van der Waals surface area contributed by atoms with Gasteiger partial charge in [0.05, 0.1) is 11.6 Å². The molecule has 3 rings (SSSR count). The molecule has 4 heteroatoms. The van der Waals surface area contributed by atoms with Crippen LogP contribution in [0.5, 0.6) is 0 Å². The topological polar surface area (TPSA) is 30.0 Å². The molecule has 1 aromatic heterocycles. The SMILES string of the molecule is CC(=O)C1CCc2sc(-c3ccc(F)cc3)nc21. The van der Waals surface area contributed by atoms with Crippen LogP contribution in [0.4, 0.5) is 4.39 Å². The molecule has 0 radical (unpaired) electrons. The van der Waals surface area contributed by atoms with E-state index in [1.54, 1.807) is 30.4 Å². The van der Waals surface area contributed by atoms with E-state index in [0.717, 1.165) is 29.1 Å². The second-order valence-corrected chi connectivity index (χ2v) is 5.62. The maximum absolute atomic E-state index is 12.9. The Hall–Kier alpha value is -1.55. The number of halogens is 1. The van der Waals surface area contributed by atoms with Crippen LogP contribution in [0, 0.1) is 5.82 Å². The Morgan fingerprint density at radius 1 is 1.39 bits per heavy atom. The van der Waals surface area contributed by atoms with E-state index in [0.29, 0.717) is 0 Å². The largest absolute Gasteiger partial charge is 0.299 e. The van der Waals surface area contributed by atoms with E-state index in [4.69, 9.17) is 0 Å². The van der Waals surface area contributed by atoms with Crippen LogP contribution < -0.4 is 0 Å². The highest BCUT2D eigenvalue weighted by atomic mass is 32.1. The molecule has 2 aromatic rings. The van der Waals surface area contributed by atoms with Crippen molar-refractivity contribution < 1.29 is 9.18 Å². The molecule has 0 saturated heterocycles. The molecular formula is C14H12FNOS. The molecule has 92 valence electrons. The highest BCUT2D eigenvalue weighted by Gasteiger charge is 2.30. The molecule has 1 aliphatic rings. The highest BCUT2D eigenvalue weighted by molar-refractivity contribution is 7.15. The molecule has 1 aliphatic carbocycles. The van der Waals surface area contributed by atoms with Gasteiger partial charge in [-0.3, -0.25) is 4.79 Å². The summed E-state index contributed by atoms with van der Waals surface area (Å²) in [5.41, 5.74) is 1.85. The third-order valence-corrected chi connectivity index (χ3v) is 4.48. The van der Waals surface area contributed by atoms with Gasteiger partial charge in [0.25, 0.3) is 0 Å². The summed E-state index contributed by atoms with van der Waals surface area (Å²) >= 11 is 1.62. The number of Topliss-reactive ketones (excluding diaryl/α,β-unsaturated/α-hetero) is 1. The summed E-state index contributed by atoms with van der Waals surface area (Å²) in [5.74, 6) is -0.0976. The zero-order chi connectivity index (χ0) is 12.7. The van der Waals surface area contributed by atoms with Gasteiger partial charge in [0.1, 0.15) is 16.6 Å². The molecule has 0 aliphatic heterocycles. The normalized spacial score (nSPS) is 17.8. The summed E-state index contributed by atoms with van der Waals surface area (Å²) < 4.78 is 12.9. The Bertz CT molecular complexity index is 603. The van der Waals surface area contributed by atoms with Crippen LogP contribution >= 0.6 is 11.3 Å². The summed E-state index contributed by atoms with van der Waals surface area (Å²) in [4.78, 5) is 17.3. The van der Waals surface area contributed by atoms with Crippen LogP contribution in [0.2, 0.25) is 0 Å². The quantitative estimate of drug-likeness (QED) is 0.827. The molecule has 0 spiro atoms. The predicted octanol–water partition coefficient (Wildman–Crippen LogP) is 3.57. The Morgan fingerprint density at radius 3 is 2.78 bits per heavy atom. The standard InChI is InChI=1S/C14H12FNOS/c1-8(17)11-6-7-12-13(11)16-14(18-12)9-2-4-10(15)5-3-9/h2-5,11H,6-7H2,1H3. The first-order valence-corrected chi connectivity index (χ1v) is 6.73. The van der Waals surface area contributed by atoms with Gasteiger partial charge in [-0.25, -0.2) is 9.37 Å². The second-order valence-electron chi connectivity index (χ2n) is 4.54. The lowest BCUT2D eigenvalue weighted by atomic mass is 10.0. The predicted molar refractivity (Wildman–Crippen MR) is 69.3 cm³/mol. The van der Waals surface area contributed by atoms with Crippen molar-refractivity contribution >= 4 is 17.1 Å². The number of thiazole rings is 1. The number of rotatable bonds is 2. The van der Waals surface area contributed by atoms with Crippen molar-refractivity contribution in [3.05, 3.63) is 40.7 Å². The Kier molecular flexibility index (Phi) is 2.74. The monoisotopic (exact) mass is 261 g/mol. The fourth-order valence-electron chi connectivity index (χ4n) is 2.34. The number of hydrogen-bond donors (Lipinski definition) is 0. The average Bonchev–Trinajstić information content (AvgIpc) is 2.88.